The van der Waals surface area contributed by atoms with Crippen molar-refractivity contribution in [3.8, 4) is 0 Å². The molecule has 2 nitrogen and oxygen atoms in total. The summed E-state index contributed by atoms with van der Waals surface area (Å²) in [5, 5.41) is 11.1. The fourth-order valence-corrected chi connectivity index (χ4v) is 1.94. The van der Waals surface area contributed by atoms with Gasteiger partial charge in [0.2, 0.25) is 0 Å². The van der Waals surface area contributed by atoms with Crippen molar-refractivity contribution in [1.82, 2.24) is 4.90 Å². The molecule has 0 aromatic heterocycles. The van der Waals surface area contributed by atoms with Gasteiger partial charge in [-0.2, -0.15) is 0 Å². The monoisotopic (exact) mass is 261 g/mol. The van der Waals surface area contributed by atoms with Gasteiger partial charge in [-0.1, -0.05) is 29.3 Å². The van der Waals surface area contributed by atoms with E-state index in [0.29, 0.717) is 16.5 Å². The minimum Gasteiger partial charge on any atom is -0.393 e. The van der Waals surface area contributed by atoms with Crippen molar-refractivity contribution in [2.75, 3.05) is 20.6 Å². The molecule has 4 heteroatoms. The van der Waals surface area contributed by atoms with Crippen molar-refractivity contribution in [1.29, 1.82) is 0 Å². The fraction of sp³-hybridized carbons (Fsp3) is 0.500. The normalized spacial score (nSPS) is 13.1. The van der Waals surface area contributed by atoms with Crippen LogP contribution < -0.4 is 0 Å². The highest BCUT2D eigenvalue weighted by Gasteiger charge is 2.09. The van der Waals surface area contributed by atoms with Gasteiger partial charge in [-0.3, -0.25) is 0 Å². The van der Waals surface area contributed by atoms with E-state index in [1.54, 1.807) is 12.1 Å². The van der Waals surface area contributed by atoms with E-state index in [4.69, 9.17) is 23.2 Å². The SMILES string of the molecule is CN(C)CCC(O)Cc1ccc(Cl)cc1Cl. The summed E-state index contributed by atoms with van der Waals surface area (Å²) in [7, 11) is 3.98. The van der Waals surface area contributed by atoms with Crippen LogP contribution in [0.4, 0.5) is 0 Å². The number of hydrogen-bond acceptors (Lipinski definition) is 2. The number of halogens is 2. The predicted molar refractivity (Wildman–Crippen MR) is 69.3 cm³/mol. The average molecular weight is 262 g/mol. The molecule has 1 aromatic carbocycles. The van der Waals surface area contributed by atoms with Gasteiger partial charge in [0.15, 0.2) is 0 Å². The number of aliphatic hydroxyl groups excluding tert-OH is 1. The quantitative estimate of drug-likeness (QED) is 0.882. The third-order valence-corrected chi connectivity index (χ3v) is 2.97. The van der Waals surface area contributed by atoms with Crippen LogP contribution in [-0.4, -0.2) is 36.8 Å². The van der Waals surface area contributed by atoms with Crippen LogP contribution in [0.2, 0.25) is 10.0 Å². The zero-order valence-electron chi connectivity index (χ0n) is 9.58. The predicted octanol–water partition coefficient (Wildman–Crippen LogP) is 2.85. The summed E-state index contributed by atoms with van der Waals surface area (Å²) in [5.74, 6) is 0. The lowest BCUT2D eigenvalue weighted by molar-refractivity contribution is 0.152. The molecule has 90 valence electrons. The average Bonchev–Trinajstić information content (AvgIpc) is 2.19. The highest BCUT2D eigenvalue weighted by atomic mass is 35.5. The van der Waals surface area contributed by atoms with Crippen LogP contribution in [0, 0.1) is 0 Å². The Morgan fingerprint density at radius 1 is 1.31 bits per heavy atom. The van der Waals surface area contributed by atoms with Gasteiger partial charge in [-0.15, -0.1) is 0 Å². The second-order valence-corrected chi connectivity index (χ2v) is 5.03. The maximum Gasteiger partial charge on any atom is 0.0593 e. The molecule has 0 saturated heterocycles. The first-order valence-corrected chi connectivity index (χ1v) is 6.01. The number of rotatable bonds is 5. The molecule has 0 bridgehead atoms. The molecule has 0 heterocycles. The molecule has 1 atom stereocenters. The van der Waals surface area contributed by atoms with Crippen LogP contribution in [0.15, 0.2) is 18.2 Å². The van der Waals surface area contributed by atoms with E-state index < -0.39 is 0 Å². The van der Waals surface area contributed by atoms with Crippen LogP contribution in [0.5, 0.6) is 0 Å². The molecule has 0 amide bonds. The van der Waals surface area contributed by atoms with Crippen molar-refractivity contribution < 1.29 is 5.11 Å². The lowest BCUT2D eigenvalue weighted by atomic mass is 10.1. The molecule has 0 aliphatic carbocycles. The Kier molecular flexibility index (Phi) is 5.56. The molecule has 0 aliphatic heterocycles. The summed E-state index contributed by atoms with van der Waals surface area (Å²) >= 11 is 11.8. The summed E-state index contributed by atoms with van der Waals surface area (Å²) in [6.07, 6.45) is 0.955. The molecule has 1 aromatic rings. The molecule has 1 unspecified atom stereocenters. The maximum atomic E-state index is 9.83. The van der Waals surface area contributed by atoms with E-state index in [0.717, 1.165) is 18.5 Å². The zero-order chi connectivity index (χ0) is 12.1. The molecule has 0 radical (unpaired) electrons. The van der Waals surface area contributed by atoms with Crippen molar-refractivity contribution in [2.24, 2.45) is 0 Å². The minimum absolute atomic E-state index is 0.360. The number of hydrogen-bond donors (Lipinski definition) is 1. The Bertz CT molecular complexity index is 342. The maximum absolute atomic E-state index is 9.83. The number of aliphatic hydroxyl groups is 1. The Labute approximate surface area is 107 Å². The Morgan fingerprint density at radius 2 is 2.00 bits per heavy atom. The summed E-state index contributed by atoms with van der Waals surface area (Å²) in [6.45, 7) is 0.867. The standard InChI is InChI=1S/C12H17Cl2NO/c1-15(2)6-5-11(16)7-9-3-4-10(13)8-12(9)14/h3-4,8,11,16H,5-7H2,1-2H3. The van der Waals surface area contributed by atoms with Gasteiger partial charge in [0, 0.05) is 10.0 Å². The second kappa shape index (κ2) is 6.45. The van der Waals surface area contributed by atoms with E-state index in [9.17, 15) is 5.11 Å². The summed E-state index contributed by atoms with van der Waals surface area (Å²) in [4.78, 5) is 2.05. The zero-order valence-corrected chi connectivity index (χ0v) is 11.1. The first-order chi connectivity index (χ1) is 7.49. The summed E-state index contributed by atoms with van der Waals surface area (Å²) < 4.78 is 0. The number of benzene rings is 1. The van der Waals surface area contributed by atoms with Crippen LogP contribution in [0.25, 0.3) is 0 Å². The van der Waals surface area contributed by atoms with Crippen molar-refractivity contribution >= 4 is 23.2 Å². The fourth-order valence-electron chi connectivity index (χ4n) is 1.45. The van der Waals surface area contributed by atoms with E-state index >= 15 is 0 Å². The molecule has 0 spiro atoms. The Morgan fingerprint density at radius 3 is 2.56 bits per heavy atom. The smallest absolute Gasteiger partial charge is 0.0593 e. The van der Waals surface area contributed by atoms with Crippen molar-refractivity contribution in [2.45, 2.75) is 18.9 Å². The first-order valence-electron chi connectivity index (χ1n) is 5.25. The molecule has 0 saturated carbocycles. The Hall–Kier alpha value is -0.280. The summed E-state index contributed by atoms with van der Waals surface area (Å²) in [5.41, 5.74) is 0.942. The molecule has 0 fully saturated rings. The summed E-state index contributed by atoms with van der Waals surface area (Å²) in [6, 6.07) is 5.36. The van der Waals surface area contributed by atoms with Crippen molar-refractivity contribution in [3.63, 3.8) is 0 Å². The molecule has 1 rings (SSSR count). The highest BCUT2D eigenvalue weighted by molar-refractivity contribution is 6.35. The van der Waals surface area contributed by atoms with Gasteiger partial charge in [-0.25, -0.2) is 0 Å². The number of nitrogens with zero attached hydrogens (tertiary/aromatic N) is 1. The minimum atomic E-state index is -0.360. The molecule has 1 N–H and O–H groups in total. The van der Waals surface area contributed by atoms with Crippen LogP contribution in [0.3, 0.4) is 0 Å². The topological polar surface area (TPSA) is 23.5 Å². The lowest BCUT2D eigenvalue weighted by Crippen LogP contribution is -2.20. The van der Waals surface area contributed by atoms with Crippen molar-refractivity contribution in [3.05, 3.63) is 33.8 Å². The molecule has 16 heavy (non-hydrogen) atoms. The molecule has 0 aliphatic rings. The van der Waals surface area contributed by atoms with Gasteiger partial charge in [-0.05, 0) is 51.2 Å². The Balaban J connectivity index is 2.52. The highest BCUT2D eigenvalue weighted by Crippen LogP contribution is 2.22. The largest absolute Gasteiger partial charge is 0.393 e. The van der Waals surface area contributed by atoms with Gasteiger partial charge >= 0.3 is 0 Å². The molecular weight excluding hydrogens is 245 g/mol. The first kappa shape index (κ1) is 13.8. The van der Waals surface area contributed by atoms with Gasteiger partial charge < -0.3 is 10.0 Å². The van der Waals surface area contributed by atoms with E-state index in [-0.39, 0.29) is 6.10 Å². The van der Waals surface area contributed by atoms with Gasteiger partial charge in [0.05, 0.1) is 6.10 Å². The van der Waals surface area contributed by atoms with E-state index in [1.807, 2.05) is 25.1 Å². The van der Waals surface area contributed by atoms with E-state index in [2.05, 4.69) is 0 Å². The van der Waals surface area contributed by atoms with Gasteiger partial charge in [0.1, 0.15) is 0 Å². The second-order valence-electron chi connectivity index (χ2n) is 4.19. The van der Waals surface area contributed by atoms with Crippen LogP contribution in [-0.2, 0) is 6.42 Å². The van der Waals surface area contributed by atoms with Crippen LogP contribution in [0.1, 0.15) is 12.0 Å². The lowest BCUT2D eigenvalue weighted by Gasteiger charge is -2.15. The molecular formula is C12H17Cl2NO. The van der Waals surface area contributed by atoms with Gasteiger partial charge in [0.25, 0.3) is 0 Å². The van der Waals surface area contributed by atoms with Crippen LogP contribution >= 0.6 is 23.2 Å². The third kappa shape index (κ3) is 4.71. The van der Waals surface area contributed by atoms with E-state index in [1.165, 1.54) is 0 Å². The third-order valence-electron chi connectivity index (χ3n) is 2.38.